The van der Waals surface area contributed by atoms with Gasteiger partial charge in [-0.2, -0.15) is 0 Å². The lowest BCUT2D eigenvalue weighted by Gasteiger charge is -2.35. The highest BCUT2D eigenvalue weighted by Gasteiger charge is 2.29. The number of amides is 2. The van der Waals surface area contributed by atoms with Gasteiger partial charge in [0.1, 0.15) is 30.5 Å². The first-order valence-electron chi connectivity index (χ1n) is 22.9. The van der Waals surface area contributed by atoms with Crippen molar-refractivity contribution in [2.75, 3.05) is 55.9 Å². The number of hydrogen-bond acceptors (Lipinski definition) is 7. The zero-order valence-electron chi connectivity index (χ0n) is 37.9. The Morgan fingerprint density at radius 1 is 0.723 bits per heavy atom. The molecule has 0 aliphatic carbocycles. The van der Waals surface area contributed by atoms with Crippen molar-refractivity contribution in [3.63, 3.8) is 0 Å². The summed E-state index contributed by atoms with van der Waals surface area (Å²) in [6.45, 7) is 11.4. The molecule has 0 unspecified atom stereocenters. The van der Waals surface area contributed by atoms with Crippen LogP contribution in [0, 0.1) is 0 Å². The molecule has 65 heavy (non-hydrogen) atoms. The molecule has 0 saturated carbocycles. The van der Waals surface area contributed by atoms with Gasteiger partial charge in [0.05, 0.1) is 16.6 Å². The molecule has 2 aliphatic heterocycles. The van der Waals surface area contributed by atoms with Crippen LogP contribution in [0.5, 0.6) is 11.5 Å². The first-order valence-corrected chi connectivity index (χ1v) is 24.0. The van der Waals surface area contributed by atoms with E-state index in [0.717, 1.165) is 96.1 Å². The van der Waals surface area contributed by atoms with Crippen molar-refractivity contribution in [3.8, 4) is 11.5 Å². The number of nitrogens with zero attached hydrogens (tertiary/aromatic N) is 6. The Morgan fingerprint density at radius 2 is 1.38 bits per heavy atom. The largest absolute Gasteiger partial charge is 0.488 e. The number of rotatable bonds is 19. The lowest BCUT2D eigenvalue weighted by Crippen LogP contribution is -2.48. The SMILES string of the molecule is CC(C)c1cc(C(=O)N2Cc3ccc(CN4CCN(C(=O)CCCc5nc6cc(N(CCCl)CCCl)ccc6n5C)CC4)cc3C2)c(OCc2ccccc2)cc1OCc1ccccc1. The topological polar surface area (TPSA) is 83.4 Å². The number of anilines is 1. The Bertz CT molecular complexity index is 2550. The molecule has 5 aromatic carbocycles. The summed E-state index contributed by atoms with van der Waals surface area (Å²) in [5.41, 5.74) is 10.2. The highest BCUT2D eigenvalue weighted by molar-refractivity contribution is 6.18. The fourth-order valence-corrected chi connectivity index (χ4v) is 9.38. The highest BCUT2D eigenvalue weighted by atomic mass is 35.5. The smallest absolute Gasteiger partial charge is 0.258 e. The summed E-state index contributed by atoms with van der Waals surface area (Å²) in [7, 11) is 2.04. The van der Waals surface area contributed by atoms with Crippen LogP contribution >= 0.6 is 23.2 Å². The minimum Gasteiger partial charge on any atom is -0.488 e. The fraction of sp³-hybridized carbons (Fsp3) is 0.377. The molecular formula is C53H60Cl2N6O4. The number of halogens is 2. The molecule has 1 aromatic heterocycles. The van der Waals surface area contributed by atoms with Gasteiger partial charge >= 0.3 is 0 Å². The van der Waals surface area contributed by atoms with Gasteiger partial charge in [-0.3, -0.25) is 14.5 Å². The first kappa shape index (κ1) is 46.0. The summed E-state index contributed by atoms with van der Waals surface area (Å²) in [5, 5.41) is 0. The molecule has 0 bridgehead atoms. The van der Waals surface area contributed by atoms with Crippen LogP contribution in [0.25, 0.3) is 11.0 Å². The van der Waals surface area contributed by atoms with Gasteiger partial charge in [0.15, 0.2) is 0 Å². The highest BCUT2D eigenvalue weighted by Crippen LogP contribution is 2.37. The molecule has 0 spiro atoms. The lowest BCUT2D eigenvalue weighted by atomic mass is 9.98. The number of hydrogen-bond donors (Lipinski definition) is 0. The summed E-state index contributed by atoms with van der Waals surface area (Å²) >= 11 is 12.1. The second kappa shape index (κ2) is 21.6. The van der Waals surface area contributed by atoms with Crippen LogP contribution in [0.15, 0.2) is 109 Å². The Kier molecular flexibility index (Phi) is 15.3. The molecule has 0 radical (unpaired) electrons. The molecule has 1 fully saturated rings. The van der Waals surface area contributed by atoms with Crippen LogP contribution in [0.1, 0.15) is 82.2 Å². The van der Waals surface area contributed by atoms with E-state index >= 15 is 0 Å². The van der Waals surface area contributed by atoms with Gasteiger partial charge in [0, 0.05) is 102 Å². The molecular weight excluding hydrogens is 856 g/mol. The van der Waals surface area contributed by atoms with E-state index in [2.05, 4.69) is 64.6 Å². The predicted molar refractivity (Wildman–Crippen MR) is 261 cm³/mol. The van der Waals surface area contributed by atoms with Crippen LogP contribution in [-0.4, -0.2) is 87.1 Å². The number of imidazole rings is 1. The Hall–Kier alpha value is -5.55. The third-order valence-corrected chi connectivity index (χ3v) is 13.0. The third-order valence-electron chi connectivity index (χ3n) is 12.7. The number of fused-ring (bicyclic) bond motifs is 2. The average molecular weight is 916 g/mol. The van der Waals surface area contributed by atoms with Crippen molar-refractivity contribution in [1.82, 2.24) is 24.3 Å². The molecule has 1 saturated heterocycles. The minimum atomic E-state index is -0.0567. The number of aromatic nitrogens is 2. The van der Waals surface area contributed by atoms with E-state index in [1.54, 1.807) is 0 Å². The molecule has 10 nitrogen and oxygen atoms in total. The normalized spacial score (nSPS) is 14.0. The van der Waals surface area contributed by atoms with Gasteiger partial charge < -0.3 is 28.7 Å². The quantitative estimate of drug-likeness (QED) is 0.0749. The zero-order valence-corrected chi connectivity index (χ0v) is 39.4. The van der Waals surface area contributed by atoms with E-state index in [1.165, 1.54) is 11.1 Å². The fourth-order valence-electron chi connectivity index (χ4n) is 8.97. The molecule has 0 atom stereocenters. The number of ether oxygens (including phenoxy) is 2. The monoisotopic (exact) mass is 914 g/mol. The second-order valence-electron chi connectivity index (χ2n) is 17.5. The maximum Gasteiger partial charge on any atom is 0.258 e. The maximum absolute atomic E-state index is 14.5. The second-order valence-corrected chi connectivity index (χ2v) is 18.2. The Labute approximate surface area is 393 Å². The van der Waals surface area contributed by atoms with Gasteiger partial charge in [-0.1, -0.05) is 92.7 Å². The summed E-state index contributed by atoms with van der Waals surface area (Å²) in [5.74, 6) is 3.56. The summed E-state index contributed by atoms with van der Waals surface area (Å²) in [4.78, 5) is 41.3. The van der Waals surface area contributed by atoms with E-state index in [4.69, 9.17) is 37.7 Å². The average Bonchev–Trinajstić information content (AvgIpc) is 3.90. The lowest BCUT2D eigenvalue weighted by molar-refractivity contribution is -0.133. The molecule has 0 N–H and O–H groups in total. The number of benzene rings is 5. The van der Waals surface area contributed by atoms with E-state index in [9.17, 15) is 9.59 Å². The maximum atomic E-state index is 14.5. The standard InChI is InChI=1S/C53H60Cl2N6O4/c1-38(2)45-31-46(50(65-37-40-13-8-5-9-14-40)32-49(45)64-36-39-11-6-4-7-12-39)53(63)61-34-42-18-17-41(29-43(42)35-61)33-58-25-27-60(28-26-58)52(62)16-10-15-51-56-47-30-44(19-20-48(47)57(51)3)59(23-21-54)24-22-55/h4-9,11-14,17-20,29-32,38H,10,15-16,21-28,33-37H2,1-3H3. The predicted octanol–water partition coefficient (Wildman–Crippen LogP) is 9.96. The number of carbonyl (C=O) groups excluding carboxylic acids is 2. The molecule has 12 heteroatoms. The Morgan fingerprint density at radius 3 is 2.05 bits per heavy atom. The number of alkyl halides is 2. The van der Waals surface area contributed by atoms with E-state index in [-0.39, 0.29) is 17.7 Å². The number of carbonyl (C=O) groups is 2. The van der Waals surface area contributed by atoms with Crippen LogP contribution < -0.4 is 14.4 Å². The molecule has 8 rings (SSSR count). The molecule has 6 aromatic rings. The molecule has 3 heterocycles. The summed E-state index contributed by atoms with van der Waals surface area (Å²) in [6.07, 6.45) is 1.98. The van der Waals surface area contributed by atoms with Crippen molar-refractivity contribution in [2.45, 2.75) is 71.9 Å². The van der Waals surface area contributed by atoms with Gasteiger partial charge in [0.2, 0.25) is 5.91 Å². The summed E-state index contributed by atoms with van der Waals surface area (Å²) < 4.78 is 15.0. The van der Waals surface area contributed by atoms with Crippen molar-refractivity contribution >= 4 is 51.7 Å². The third kappa shape index (κ3) is 11.3. The number of aryl methyl sites for hydroxylation is 2. The zero-order chi connectivity index (χ0) is 45.3. The van der Waals surface area contributed by atoms with Crippen molar-refractivity contribution in [1.29, 1.82) is 0 Å². The first-order chi connectivity index (χ1) is 31.7. The van der Waals surface area contributed by atoms with Gasteiger partial charge in [-0.15, -0.1) is 23.2 Å². The Balaban J connectivity index is 0.856. The molecule has 2 amide bonds. The van der Waals surface area contributed by atoms with E-state index in [0.29, 0.717) is 68.9 Å². The molecule has 340 valence electrons. The van der Waals surface area contributed by atoms with E-state index in [1.807, 2.05) is 89.6 Å². The van der Waals surface area contributed by atoms with Gasteiger partial charge in [-0.25, -0.2) is 4.98 Å². The van der Waals surface area contributed by atoms with Crippen LogP contribution in [0.3, 0.4) is 0 Å². The molecule has 2 aliphatic rings. The van der Waals surface area contributed by atoms with E-state index < -0.39 is 0 Å². The minimum absolute atomic E-state index is 0.0567. The van der Waals surface area contributed by atoms with Gasteiger partial charge in [0.25, 0.3) is 5.91 Å². The van der Waals surface area contributed by atoms with Crippen LogP contribution in [0.2, 0.25) is 0 Å². The van der Waals surface area contributed by atoms with Crippen LogP contribution in [0.4, 0.5) is 5.69 Å². The van der Waals surface area contributed by atoms with Crippen molar-refractivity contribution in [2.24, 2.45) is 7.05 Å². The van der Waals surface area contributed by atoms with Crippen molar-refractivity contribution in [3.05, 3.63) is 154 Å². The van der Waals surface area contributed by atoms with Gasteiger partial charge in [-0.05, 0) is 70.0 Å². The van der Waals surface area contributed by atoms with Crippen LogP contribution in [-0.2, 0) is 51.1 Å². The number of piperazine rings is 1. The summed E-state index contributed by atoms with van der Waals surface area (Å²) in [6, 6.07) is 36.9. The van der Waals surface area contributed by atoms with Crippen molar-refractivity contribution < 1.29 is 19.1 Å².